The molecule has 166 valence electrons. The van der Waals surface area contributed by atoms with Gasteiger partial charge in [-0.15, -0.1) is 0 Å². The van der Waals surface area contributed by atoms with E-state index in [9.17, 15) is 14.4 Å². The Balaban J connectivity index is 1.49. The highest BCUT2D eigenvalue weighted by Gasteiger charge is 2.39. The Morgan fingerprint density at radius 3 is 2.09 bits per heavy atom. The number of rotatable bonds is 4. The molecule has 2 aromatic carbocycles. The van der Waals surface area contributed by atoms with Crippen LogP contribution in [-0.2, 0) is 9.59 Å². The zero-order valence-corrected chi connectivity index (χ0v) is 19.3. The van der Waals surface area contributed by atoms with E-state index in [1.54, 1.807) is 24.3 Å². The largest absolute Gasteiger partial charge is 0.350 e. The van der Waals surface area contributed by atoms with Crippen LogP contribution >= 0.6 is 34.8 Å². The van der Waals surface area contributed by atoms with Crippen molar-refractivity contribution in [1.29, 1.82) is 0 Å². The Kier molecular flexibility index (Phi) is 6.74. The molecule has 1 saturated heterocycles. The van der Waals surface area contributed by atoms with E-state index < -0.39 is 11.8 Å². The Labute approximate surface area is 200 Å². The number of anilines is 2. The molecule has 32 heavy (non-hydrogen) atoms. The summed E-state index contributed by atoms with van der Waals surface area (Å²) in [6.07, 6.45) is 4.33. The summed E-state index contributed by atoms with van der Waals surface area (Å²) in [6, 6.07) is 11.2. The minimum absolute atomic E-state index is 0.00592. The highest BCUT2D eigenvalue weighted by molar-refractivity contribution is 6.53. The number of imide groups is 1. The van der Waals surface area contributed by atoms with Gasteiger partial charge in [-0.3, -0.25) is 14.4 Å². The topological polar surface area (TPSA) is 69.7 Å². The summed E-state index contributed by atoms with van der Waals surface area (Å²) in [7, 11) is 0. The van der Waals surface area contributed by atoms with Crippen LogP contribution in [0.5, 0.6) is 0 Å². The lowest BCUT2D eigenvalue weighted by Gasteiger charge is -2.20. The normalized spacial score (nSPS) is 17.1. The Bertz CT molecular complexity index is 1110. The van der Waals surface area contributed by atoms with Gasteiger partial charge in [0.15, 0.2) is 0 Å². The van der Waals surface area contributed by atoms with Gasteiger partial charge in [0.25, 0.3) is 17.7 Å². The first-order valence-corrected chi connectivity index (χ1v) is 11.4. The van der Waals surface area contributed by atoms with E-state index in [0.717, 1.165) is 43.7 Å². The summed E-state index contributed by atoms with van der Waals surface area (Å²) in [5.41, 5.74) is 1.32. The number of amides is 3. The molecule has 0 spiro atoms. The molecule has 2 aromatic rings. The van der Waals surface area contributed by atoms with Crippen LogP contribution in [0.2, 0.25) is 10.0 Å². The molecule has 0 atom stereocenters. The minimum atomic E-state index is -0.662. The zero-order chi connectivity index (χ0) is 22.8. The van der Waals surface area contributed by atoms with Crippen LogP contribution < -0.4 is 10.2 Å². The van der Waals surface area contributed by atoms with E-state index in [4.69, 9.17) is 34.8 Å². The summed E-state index contributed by atoms with van der Waals surface area (Å²) in [5.74, 6) is -1.28. The average molecular weight is 493 g/mol. The van der Waals surface area contributed by atoms with E-state index in [2.05, 4.69) is 5.32 Å². The zero-order valence-electron chi connectivity index (χ0n) is 17.0. The van der Waals surface area contributed by atoms with Gasteiger partial charge in [0, 0.05) is 24.3 Å². The smallest absolute Gasteiger partial charge is 0.283 e. The fraction of sp³-hybridized carbons (Fsp3) is 0.261. The summed E-state index contributed by atoms with van der Waals surface area (Å²) in [5, 5.41) is 3.20. The van der Waals surface area contributed by atoms with Crippen LogP contribution in [-0.4, -0.2) is 35.7 Å². The second-order valence-electron chi connectivity index (χ2n) is 7.64. The molecule has 0 aromatic heterocycles. The molecule has 3 amide bonds. The van der Waals surface area contributed by atoms with Crippen LogP contribution in [0.1, 0.15) is 36.0 Å². The predicted octanol–water partition coefficient (Wildman–Crippen LogP) is 5.45. The Hall–Kier alpha value is -2.54. The van der Waals surface area contributed by atoms with Crippen molar-refractivity contribution in [2.75, 3.05) is 23.3 Å². The molecular weight excluding hydrogens is 473 g/mol. The maximum Gasteiger partial charge on any atom is 0.283 e. The van der Waals surface area contributed by atoms with Crippen LogP contribution in [0, 0.1) is 0 Å². The van der Waals surface area contributed by atoms with Crippen LogP contribution in [0.4, 0.5) is 11.4 Å². The number of hydrogen-bond acceptors (Lipinski definition) is 4. The van der Waals surface area contributed by atoms with Crippen molar-refractivity contribution in [2.24, 2.45) is 0 Å². The fourth-order valence-electron chi connectivity index (χ4n) is 3.77. The molecule has 2 aliphatic heterocycles. The van der Waals surface area contributed by atoms with Gasteiger partial charge in [0.1, 0.15) is 10.7 Å². The minimum Gasteiger partial charge on any atom is -0.350 e. The van der Waals surface area contributed by atoms with Crippen molar-refractivity contribution in [3.05, 3.63) is 68.8 Å². The first kappa shape index (κ1) is 22.6. The fourth-order valence-corrected chi connectivity index (χ4v) is 4.27. The van der Waals surface area contributed by atoms with Crippen LogP contribution in [0.3, 0.4) is 0 Å². The van der Waals surface area contributed by atoms with Gasteiger partial charge in [-0.2, -0.15) is 0 Å². The van der Waals surface area contributed by atoms with Crippen molar-refractivity contribution in [1.82, 2.24) is 4.90 Å². The maximum absolute atomic E-state index is 12.9. The molecule has 0 bridgehead atoms. The maximum atomic E-state index is 12.9. The number of likely N-dealkylation sites (tertiary alicyclic amines) is 1. The standard InChI is InChI=1S/C23H20Cl3N3O3/c24-17-10-9-16(13-18(17)25)29-22(31)19(26)20(23(29)32)27-15-7-5-14(6-8-15)21(30)28-11-3-1-2-4-12-28/h5-10,13,27H,1-4,11-12H2. The molecule has 2 heterocycles. The average Bonchev–Trinajstić information content (AvgIpc) is 2.99. The molecule has 1 N–H and O–H groups in total. The third-order valence-electron chi connectivity index (χ3n) is 5.48. The van der Waals surface area contributed by atoms with Gasteiger partial charge in [-0.1, -0.05) is 47.6 Å². The molecule has 6 nitrogen and oxygen atoms in total. The van der Waals surface area contributed by atoms with Gasteiger partial charge in [0.05, 0.1) is 15.7 Å². The molecule has 0 radical (unpaired) electrons. The van der Waals surface area contributed by atoms with Crippen molar-refractivity contribution in [3.63, 3.8) is 0 Å². The third kappa shape index (κ3) is 4.49. The predicted molar refractivity (Wildman–Crippen MR) is 126 cm³/mol. The second kappa shape index (κ2) is 9.53. The van der Waals surface area contributed by atoms with E-state index in [1.807, 2.05) is 4.90 Å². The van der Waals surface area contributed by atoms with E-state index >= 15 is 0 Å². The Morgan fingerprint density at radius 2 is 1.47 bits per heavy atom. The first-order valence-electron chi connectivity index (χ1n) is 10.3. The second-order valence-corrected chi connectivity index (χ2v) is 8.83. The van der Waals surface area contributed by atoms with Crippen LogP contribution in [0.25, 0.3) is 0 Å². The molecule has 0 aliphatic carbocycles. The van der Waals surface area contributed by atoms with E-state index in [0.29, 0.717) is 16.3 Å². The van der Waals surface area contributed by atoms with E-state index in [-0.39, 0.29) is 27.3 Å². The lowest BCUT2D eigenvalue weighted by Crippen LogP contribution is -2.32. The SMILES string of the molecule is O=C(c1ccc(NC2=C(Cl)C(=O)N(c3ccc(Cl)c(Cl)c3)C2=O)cc1)N1CCCCCC1. The highest BCUT2D eigenvalue weighted by Crippen LogP contribution is 2.33. The molecule has 9 heteroatoms. The third-order valence-corrected chi connectivity index (χ3v) is 6.57. The molecule has 4 rings (SSSR count). The molecule has 2 aliphatic rings. The van der Waals surface area contributed by atoms with E-state index in [1.165, 1.54) is 18.2 Å². The van der Waals surface area contributed by atoms with Gasteiger partial charge in [0.2, 0.25) is 0 Å². The summed E-state index contributed by atoms with van der Waals surface area (Å²) >= 11 is 18.1. The van der Waals surface area contributed by atoms with Crippen molar-refractivity contribution in [2.45, 2.75) is 25.7 Å². The van der Waals surface area contributed by atoms with Gasteiger partial charge < -0.3 is 10.2 Å². The van der Waals surface area contributed by atoms with Gasteiger partial charge in [-0.05, 0) is 55.3 Å². The van der Waals surface area contributed by atoms with Crippen molar-refractivity contribution < 1.29 is 14.4 Å². The van der Waals surface area contributed by atoms with Gasteiger partial charge in [-0.25, -0.2) is 4.90 Å². The highest BCUT2D eigenvalue weighted by atomic mass is 35.5. The number of carbonyl (C=O) groups is 3. The summed E-state index contributed by atoms with van der Waals surface area (Å²) in [6.45, 7) is 1.53. The number of nitrogens with zero attached hydrogens (tertiary/aromatic N) is 2. The lowest BCUT2D eigenvalue weighted by atomic mass is 10.1. The molecule has 1 fully saturated rings. The van der Waals surface area contributed by atoms with Crippen molar-refractivity contribution >= 4 is 63.9 Å². The lowest BCUT2D eigenvalue weighted by molar-refractivity contribution is -0.120. The molecule has 0 saturated carbocycles. The number of nitrogens with one attached hydrogen (secondary N) is 1. The number of hydrogen-bond donors (Lipinski definition) is 1. The molecular formula is C23H20Cl3N3O3. The van der Waals surface area contributed by atoms with Crippen LogP contribution in [0.15, 0.2) is 53.2 Å². The molecule has 0 unspecified atom stereocenters. The quantitative estimate of drug-likeness (QED) is 0.577. The van der Waals surface area contributed by atoms with Gasteiger partial charge >= 0.3 is 0 Å². The summed E-state index contributed by atoms with van der Waals surface area (Å²) in [4.78, 5) is 41.1. The number of halogens is 3. The Morgan fingerprint density at radius 1 is 0.812 bits per heavy atom. The number of benzene rings is 2. The first-order chi connectivity index (χ1) is 15.4. The summed E-state index contributed by atoms with van der Waals surface area (Å²) < 4.78 is 0. The number of carbonyl (C=O) groups excluding carboxylic acids is 3. The monoisotopic (exact) mass is 491 g/mol. The van der Waals surface area contributed by atoms with Crippen molar-refractivity contribution in [3.8, 4) is 0 Å².